The molecule has 2 aromatic rings. The number of nitrogens with zero attached hydrogens (tertiary/aromatic N) is 1. The van der Waals surface area contributed by atoms with Gasteiger partial charge >= 0.3 is 0 Å². The first-order valence-electron chi connectivity index (χ1n) is 6.02. The van der Waals surface area contributed by atoms with Crippen molar-refractivity contribution >= 4 is 33.2 Å². The molecule has 0 aliphatic carbocycles. The molecule has 0 aliphatic heterocycles. The Bertz CT molecular complexity index is 587. The monoisotopic (exact) mass is 335 g/mol. The number of hydrogen-bond donors (Lipinski definition) is 2. The molecule has 3 N–H and O–H groups in total. The highest BCUT2D eigenvalue weighted by Gasteiger charge is 2.03. The van der Waals surface area contributed by atoms with Crippen molar-refractivity contribution in [1.29, 1.82) is 0 Å². The number of benzene rings is 1. The van der Waals surface area contributed by atoms with E-state index >= 15 is 0 Å². The predicted octanol–water partition coefficient (Wildman–Crippen LogP) is 2.83. The number of rotatable bonds is 5. The summed E-state index contributed by atoms with van der Waals surface area (Å²) in [5.74, 6) is 0.511. The van der Waals surface area contributed by atoms with Crippen molar-refractivity contribution < 1.29 is 9.53 Å². The summed E-state index contributed by atoms with van der Waals surface area (Å²) in [7, 11) is 0. The zero-order valence-corrected chi connectivity index (χ0v) is 12.3. The fraction of sp³-hybridized carbons (Fsp3) is 0.143. The average molecular weight is 336 g/mol. The van der Waals surface area contributed by atoms with Gasteiger partial charge in [0.05, 0.1) is 19.2 Å². The van der Waals surface area contributed by atoms with Crippen molar-refractivity contribution in [3.8, 4) is 5.75 Å². The second-order valence-electron chi connectivity index (χ2n) is 4.11. The van der Waals surface area contributed by atoms with E-state index in [1.165, 1.54) is 0 Å². The quantitative estimate of drug-likeness (QED) is 0.823. The van der Waals surface area contributed by atoms with Crippen LogP contribution in [-0.2, 0) is 4.79 Å². The van der Waals surface area contributed by atoms with Crippen molar-refractivity contribution in [2.45, 2.75) is 6.42 Å². The van der Waals surface area contributed by atoms with Crippen molar-refractivity contribution in [1.82, 2.24) is 4.98 Å². The van der Waals surface area contributed by atoms with Gasteiger partial charge in [0.1, 0.15) is 5.75 Å². The SMILES string of the molecule is Nc1ccc(NC(=O)CCOc2cncc(Br)c2)cc1. The van der Waals surface area contributed by atoms with Gasteiger partial charge in [-0.3, -0.25) is 9.78 Å². The molecule has 104 valence electrons. The van der Waals surface area contributed by atoms with E-state index in [0.717, 1.165) is 4.47 Å². The predicted molar refractivity (Wildman–Crippen MR) is 81.5 cm³/mol. The molecule has 6 heteroatoms. The van der Waals surface area contributed by atoms with E-state index in [1.54, 1.807) is 42.7 Å². The minimum Gasteiger partial charge on any atom is -0.491 e. The number of nitrogen functional groups attached to an aromatic ring is 1. The number of nitrogens with two attached hydrogens (primary N) is 1. The zero-order chi connectivity index (χ0) is 14.4. The standard InChI is InChI=1S/C14H14BrN3O2/c15-10-7-13(9-17-8-10)20-6-5-14(19)18-12-3-1-11(16)2-4-12/h1-4,7-9H,5-6,16H2,(H,18,19). The highest BCUT2D eigenvalue weighted by atomic mass is 79.9. The highest BCUT2D eigenvalue weighted by Crippen LogP contribution is 2.16. The largest absolute Gasteiger partial charge is 0.491 e. The summed E-state index contributed by atoms with van der Waals surface area (Å²) in [6, 6.07) is 8.78. The Morgan fingerprint density at radius 1 is 1.30 bits per heavy atom. The third kappa shape index (κ3) is 4.55. The second kappa shape index (κ2) is 6.91. The van der Waals surface area contributed by atoms with Gasteiger partial charge in [0.2, 0.25) is 5.91 Å². The molecule has 0 spiro atoms. The molecule has 1 aromatic carbocycles. The Balaban J connectivity index is 1.76. The summed E-state index contributed by atoms with van der Waals surface area (Å²) in [6.45, 7) is 0.291. The molecule has 0 saturated heterocycles. The van der Waals surface area contributed by atoms with Crippen LogP contribution in [0.4, 0.5) is 11.4 Å². The van der Waals surface area contributed by atoms with Gasteiger partial charge in [0.15, 0.2) is 0 Å². The Hall–Kier alpha value is -2.08. The first-order chi connectivity index (χ1) is 9.63. The molecule has 0 unspecified atom stereocenters. The summed E-state index contributed by atoms with van der Waals surface area (Å²) < 4.78 is 6.28. The summed E-state index contributed by atoms with van der Waals surface area (Å²) >= 11 is 3.30. The number of carbonyl (C=O) groups is 1. The van der Waals surface area contributed by atoms with Crippen LogP contribution in [0.1, 0.15) is 6.42 Å². The lowest BCUT2D eigenvalue weighted by atomic mass is 10.3. The van der Waals surface area contributed by atoms with Crippen molar-refractivity contribution in [2.24, 2.45) is 0 Å². The van der Waals surface area contributed by atoms with E-state index in [4.69, 9.17) is 10.5 Å². The zero-order valence-electron chi connectivity index (χ0n) is 10.7. The lowest BCUT2D eigenvalue weighted by Gasteiger charge is -2.07. The number of pyridine rings is 1. The second-order valence-corrected chi connectivity index (χ2v) is 5.02. The van der Waals surface area contributed by atoms with E-state index in [1.807, 2.05) is 0 Å². The maximum Gasteiger partial charge on any atom is 0.227 e. The minimum absolute atomic E-state index is 0.113. The van der Waals surface area contributed by atoms with Crippen LogP contribution in [0.15, 0.2) is 47.2 Å². The molecule has 0 bridgehead atoms. The smallest absolute Gasteiger partial charge is 0.227 e. The van der Waals surface area contributed by atoms with Crippen LogP contribution >= 0.6 is 15.9 Å². The Morgan fingerprint density at radius 3 is 2.75 bits per heavy atom. The molecule has 0 radical (unpaired) electrons. The first kappa shape index (κ1) is 14.3. The summed E-state index contributed by atoms with van der Waals surface area (Å²) in [5.41, 5.74) is 6.95. The normalized spacial score (nSPS) is 10.1. The Labute approximate surface area is 125 Å². The maximum absolute atomic E-state index is 11.7. The van der Waals surface area contributed by atoms with Crippen LogP contribution in [0.25, 0.3) is 0 Å². The average Bonchev–Trinajstić information content (AvgIpc) is 2.41. The van der Waals surface area contributed by atoms with E-state index in [2.05, 4.69) is 26.2 Å². The van der Waals surface area contributed by atoms with E-state index in [-0.39, 0.29) is 12.3 Å². The minimum atomic E-state index is -0.113. The topological polar surface area (TPSA) is 77.2 Å². The van der Waals surface area contributed by atoms with Gasteiger partial charge in [-0.05, 0) is 46.3 Å². The van der Waals surface area contributed by atoms with E-state index in [0.29, 0.717) is 23.7 Å². The fourth-order valence-electron chi connectivity index (χ4n) is 1.52. The summed E-state index contributed by atoms with van der Waals surface area (Å²) in [5, 5.41) is 2.77. The fourth-order valence-corrected chi connectivity index (χ4v) is 1.87. The van der Waals surface area contributed by atoms with Gasteiger partial charge in [0, 0.05) is 22.0 Å². The molecule has 0 fully saturated rings. The van der Waals surface area contributed by atoms with Crippen molar-refractivity contribution in [3.05, 3.63) is 47.2 Å². The Kier molecular flexibility index (Phi) is 4.95. The highest BCUT2D eigenvalue weighted by molar-refractivity contribution is 9.10. The number of halogens is 1. The number of amides is 1. The lowest BCUT2D eigenvalue weighted by molar-refractivity contribution is -0.116. The van der Waals surface area contributed by atoms with Gasteiger partial charge in [0.25, 0.3) is 0 Å². The molecule has 1 amide bonds. The molecule has 1 heterocycles. The summed E-state index contributed by atoms with van der Waals surface area (Å²) in [6.07, 6.45) is 3.53. The van der Waals surface area contributed by atoms with Gasteiger partial charge in [-0.2, -0.15) is 0 Å². The van der Waals surface area contributed by atoms with E-state index in [9.17, 15) is 4.79 Å². The lowest BCUT2D eigenvalue weighted by Crippen LogP contribution is -2.15. The van der Waals surface area contributed by atoms with Crippen LogP contribution < -0.4 is 15.8 Å². The molecule has 0 atom stereocenters. The molecule has 2 rings (SSSR count). The van der Waals surface area contributed by atoms with Crippen LogP contribution in [0.2, 0.25) is 0 Å². The van der Waals surface area contributed by atoms with Crippen molar-refractivity contribution in [2.75, 3.05) is 17.7 Å². The van der Waals surface area contributed by atoms with Crippen LogP contribution in [0.5, 0.6) is 5.75 Å². The molecule has 20 heavy (non-hydrogen) atoms. The molecule has 1 aromatic heterocycles. The van der Waals surface area contributed by atoms with Crippen molar-refractivity contribution in [3.63, 3.8) is 0 Å². The number of aromatic nitrogens is 1. The van der Waals surface area contributed by atoms with Crippen LogP contribution in [0, 0.1) is 0 Å². The van der Waals surface area contributed by atoms with Crippen LogP contribution in [0.3, 0.4) is 0 Å². The first-order valence-corrected chi connectivity index (χ1v) is 6.81. The van der Waals surface area contributed by atoms with Crippen LogP contribution in [-0.4, -0.2) is 17.5 Å². The van der Waals surface area contributed by atoms with Gasteiger partial charge in [-0.1, -0.05) is 0 Å². The Morgan fingerprint density at radius 2 is 2.05 bits per heavy atom. The number of carbonyl (C=O) groups excluding carboxylic acids is 1. The van der Waals surface area contributed by atoms with Gasteiger partial charge in [-0.25, -0.2) is 0 Å². The third-order valence-corrected chi connectivity index (χ3v) is 2.91. The molecular weight excluding hydrogens is 322 g/mol. The summed E-state index contributed by atoms with van der Waals surface area (Å²) in [4.78, 5) is 15.7. The molecule has 5 nitrogen and oxygen atoms in total. The number of ether oxygens (including phenoxy) is 1. The van der Waals surface area contributed by atoms with Gasteiger partial charge < -0.3 is 15.8 Å². The van der Waals surface area contributed by atoms with Gasteiger partial charge in [-0.15, -0.1) is 0 Å². The van der Waals surface area contributed by atoms with E-state index < -0.39 is 0 Å². The number of nitrogens with one attached hydrogen (secondary N) is 1. The number of hydrogen-bond acceptors (Lipinski definition) is 4. The maximum atomic E-state index is 11.7. The third-order valence-electron chi connectivity index (χ3n) is 2.47. The number of anilines is 2. The molecular formula is C14H14BrN3O2. The molecule has 0 aliphatic rings. The molecule has 0 saturated carbocycles.